The predicted octanol–water partition coefficient (Wildman–Crippen LogP) is 8.16. The predicted molar refractivity (Wildman–Crippen MR) is 149 cm³/mol. The second-order valence-corrected chi connectivity index (χ2v) is 12.2. The summed E-state index contributed by atoms with van der Waals surface area (Å²) in [4.78, 5) is 12.4. The van der Waals surface area contributed by atoms with Gasteiger partial charge in [0.2, 0.25) is 0 Å². The molecule has 41 heavy (non-hydrogen) atoms. The lowest BCUT2D eigenvalue weighted by atomic mass is 9.85. The Morgan fingerprint density at radius 2 is 1.56 bits per heavy atom. The topological polar surface area (TPSA) is 85.9 Å². The summed E-state index contributed by atoms with van der Waals surface area (Å²) in [7, 11) is -3.91. The normalized spacial score (nSPS) is 19.0. The van der Waals surface area contributed by atoms with E-state index in [0.29, 0.717) is 0 Å². The van der Waals surface area contributed by atoms with Crippen LogP contribution in [0.1, 0.15) is 29.5 Å². The van der Waals surface area contributed by atoms with Gasteiger partial charge in [0.25, 0.3) is 0 Å². The number of fused-ring (bicyclic) bond motifs is 1. The summed E-state index contributed by atoms with van der Waals surface area (Å²) in [5, 5.41) is 4.25. The molecule has 0 bridgehead atoms. The van der Waals surface area contributed by atoms with Crippen LogP contribution in [-0.4, -0.2) is 18.6 Å². The molecule has 2 aliphatic rings. The fourth-order valence-electron chi connectivity index (χ4n) is 4.27. The molecule has 0 unspecified atom stereocenters. The van der Waals surface area contributed by atoms with Gasteiger partial charge < -0.3 is 24.4 Å². The Morgan fingerprint density at radius 1 is 0.976 bits per heavy atom. The minimum Gasteiger partial charge on any atom is -0.479 e. The van der Waals surface area contributed by atoms with Crippen molar-refractivity contribution >= 4 is 30.9 Å². The SMILES string of the molecule is O=C1Nc2cc(OCP(=O)(OCc3ccccc3)OCc3ccccc3)c(Cl)cc2[C@@](/C=C/C2CC2)(C(F)(F)F)N1. The molecular formula is C29H27ClF3N2O5P. The second kappa shape index (κ2) is 11.9. The van der Waals surface area contributed by atoms with Crippen LogP contribution in [0.3, 0.4) is 0 Å². The summed E-state index contributed by atoms with van der Waals surface area (Å²) in [5.74, 6) is -0.0647. The Bertz CT molecular complexity index is 1420. The number of carbonyl (C=O) groups excluding carboxylic acids is 1. The summed E-state index contributed by atoms with van der Waals surface area (Å²) in [6, 6.07) is 19.3. The van der Waals surface area contributed by atoms with E-state index in [9.17, 15) is 22.5 Å². The lowest BCUT2D eigenvalue weighted by Gasteiger charge is -2.39. The van der Waals surface area contributed by atoms with Crippen LogP contribution in [0.15, 0.2) is 84.9 Å². The molecule has 5 rings (SSSR count). The highest BCUT2D eigenvalue weighted by Gasteiger charge is 2.58. The minimum absolute atomic E-state index is 0.0304. The fourth-order valence-corrected chi connectivity index (χ4v) is 5.70. The first-order valence-electron chi connectivity index (χ1n) is 12.8. The molecule has 7 nitrogen and oxygen atoms in total. The van der Waals surface area contributed by atoms with Crippen LogP contribution in [0.2, 0.25) is 5.02 Å². The number of hydrogen-bond acceptors (Lipinski definition) is 5. The number of allylic oxidation sites excluding steroid dienone is 1. The summed E-state index contributed by atoms with van der Waals surface area (Å²) >= 11 is 6.40. The molecule has 1 saturated carbocycles. The number of urea groups is 1. The van der Waals surface area contributed by atoms with Crippen LogP contribution in [0, 0.1) is 5.92 Å². The van der Waals surface area contributed by atoms with Crippen molar-refractivity contribution in [3.05, 3.63) is 107 Å². The quantitative estimate of drug-likeness (QED) is 0.170. The average Bonchev–Trinajstić information content (AvgIpc) is 3.78. The van der Waals surface area contributed by atoms with Gasteiger partial charge in [0.15, 0.2) is 11.9 Å². The molecule has 0 saturated heterocycles. The fraction of sp³-hybridized carbons (Fsp3) is 0.276. The largest absolute Gasteiger partial charge is 0.479 e. The van der Waals surface area contributed by atoms with Crippen molar-refractivity contribution in [2.75, 3.05) is 11.7 Å². The summed E-state index contributed by atoms with van der Waals surface area (Å²) < 4.78 is 74.2. The lowest BCUT2D eigenvalue weighted by Crippen LogP contribution is -2.58. The van der Waals surface area contributed by atoms with Crippen molar-refractivity contribution in [2.24, 2.45) is 5.92 Å². The van der Waals surface area contributed by atoms with E-state index < -0.39 is 31.7 Å². The molecule has 1 aliphatic carbocycles. The minimum atomic E-state index is -4.86. The van der Waals surface area contributed by atoms with Crippen LogP contribution in [0.25, 0.3) is 0 Å². The Labute approximate surface area is 240 Å². The molecular weight excluding hydrogens is 580 g/mol. The van der Waals surface area contributed by atoms with Gasteiger partial charge >= 0.3 is 19.8 Å². The van der Waals surface area contributed by atoms with Gasteiger partial charge in [-0.05, 0) is 42.0 Å². The van der Waals surface area contributed by atoms with Crippen molar-refractivity contribution in [3.8, 4) is 5.75 Å². The van der Waals surface area contributed by atoms with Crippen molar-refractivity contribution < 1.29 is 36.3 Å². The zero-order chi connectivity index (χ0) is 29.1. The van der Waals surface area contributed by atoms with Crippen LogP contribution < -0.4 is 15.4 Å². The number of carbonyl (C=O) groups is 1. The van der Waals surface area contributed by atoms with E-state index in [0.717, 1.165) is 36.1 Å². The Morgan fingerprint density at radius 3 is 2.10 bits per heavy atom. The molecule has 2 amide bonds. The number of anilines is 1. The van der Waals surface area contributed by atoms with Crippen LogP contribution in [0.5, 0.6) is 5.75 Å². The average molecular weight is 607 g/mol. The van der Waals surface area contributed by atoms with Crippen LogP contribution in [-0.2, 0) is 32.4 Å². The molecule has 1 fully saturated rings. The lowest BCUT2D eigenvalue weighted by molar-refractivity contribution is -0.181. The first-order chi connectivity index (χ1) is 19.6. The van der Waals surface area contributed by atoms with Crippen molar-refractivity contribution in [1.82, 2.24) is 5.32 Å². The third-order valence-corrected chi connectivity index (χ3v) is 8.45. The summed E-state index contributed by atoms with van der Waals surface area (Å²) in [6.45, 7) is -0.0608. The maximum absolute atomic E-state index is 14.5. The van der Waals surface area contributed by atoms with E-state index in [1.54, 1.807) is 24.3 Å². The second-order valence-electron chi connectivity index (χ2n) is 9.81. The Balaban J connectivity index is 1.40. The zero-order valence-electron chi connectivity index (χ0n) is 21.7. The number of alkyl halides is 3. The molecule has 1 atom stereocenters. The van der Waals surface area contributed by atoms with Gasteiger partial charge in [-0.3, -0.25) is 4.57 Å². The van der Waals surface area contributed by atoms with Gasteiger partial charge in [-0.2, -0.15) is 13.2 Å². The maximum Gasteiger partial charge on any atom is 0.419 e. The maximum atomic E-state index is 14.5. The standard InChI is InChI=1S/C29H27ClF3N2O5P/c30-24-15-23-25(34-27(36)35-28(23,29(31,32)33)14-13-20-11-12-20)16-26(24)38-19-41(37,39-17-21-7-3-1-4-8-21)40-18-22-9-5-2-6-10-22/h1-10,13-16,20H,11-12,17-19H2,(H2,34,35,36)/b14-13+/t28-/m0/s1. The van der Waals surface area contributed by atoms with Crippen molar-refractivity contribution in [3.63, 3.8) is 0 Å². The Hall–Kier alpha value is -3.30. The van der Waals surface area contributed by atoms with Crippen molar-refractivity contribution in [1.29, 1.82) is 0 Å². The molecule has 12 heteroatoms. The van der Waals surface area contributed by atoms with Gasteiger partial charge in [-0.1, -0.05) is 78.3 Å². The number of nitrogens with one attached hydrogen (secondary N) is 2. The van der Waals surface area contributed by atoms with Gasteiger partial charge in [-0.15, -0.1) is 0 Å². The number of halogens is 4. The van der Waals surface area contributed by atoms with Gasteiger partial charge in [-0.25, -0.2) is 4.79 Å². The Kier molecular flexibility index (Phi) is 8.47. The highest BCUT2D eigenvalue weighted by atomic mass is 35.5. The number of benzene rings is 3. The number of ether oxygens (including phenoxy) is 1. The van der Waals surface area contributed by atoms with Crippen molar-refractivity contribution in [2.45, 2.75) is 37.8 Å². The number of rotatable bonds is 11. The monoisotopic (exact) mass is 606 g/mol. The third-order valence-electron chi connectivity index (χ3n) is 6.66. The van der Waals surface area contributed by atoms with E-state index in [2.05, 4.69) is 5.32 Å². The summed E-state index contributed by atoms with van der Waals surface area (Å²) in [6.07, 6.45) is -1.43. The van der Waals surface area contributed by atoms with E-state index in [1.807, 2.05) is 41.7 Å². The molecule has 1 heterocycles. The molecule has 0 aromatic heterocycles. The summed E-state index contributed by atoms with van der Waals surface area (Å²) in [5.41, 5.74) is -1.71. The smallest absolute Gasteiger partial charge is 0.419 e. The van der Waals surface area contributed by atoms with Gasteiger partial charge in [0.1, 0.15) is 5.75 Å². The molecule has 1 aliphatic heterocycles. The zero-order valence-corrected chi connectivity index (χ0v) is 23.3. The van der Waals surface area contributed by atoms with E-state index in [4.69, 9.17) is 25.4 Å². The van der Waals surface area contributed by atoms with Crippen LogP contribution in [0.4, 0.5) is 23.7 Å². The number of hydrogen-bond donors (Lipinski definition) is 2. The first-order valence-corrected chi connectivity index (χ1v) is 15.0. The van der Waals surface area contributed by atoms with Gasteiger partial charge in [0, 0.05) is 11.6 Å². The highest BCUT2D eigenvalue weighted by Crippen LogP contribution is 2.52. The molecule has 2 N–H and O–H groups in total. The van der Waals surface area contributed by atoms with E-state index in [1.165, 1.54) is 12.1 Å². The first kappa shape index (κ1) is 29.2. The highest BCUT2D eigenvalue weighted by molar-refractivity contribution is 7.53. The molecule has 3 aromatic rings. The number of amides is 2. The van der Waals surface area contributed by atoms with E-state index >= 15 is 0 Å². The molecule has 0 radical (unpaired) electrons. The molecule has 216 valence electrons. The van der Waals surface area contributed by atoms with Crippen LogP contribution >= 0.6 is 19.2 Å². The molecule has 0 spiro atoms. The van der Waals surface area contributed by atoms with Gasteiger partial charge in [0.05, 0.1) is 23.9 Å². The van der Waals surface area contributed by atoms with E-state index in [-0.39, 0.29) is 41.2 Å². The molecule has 3 aromatic carbocycles. The third kappa shape index (κ3) is 6.96.